The number of amides is 1. The standard InChI is InChI=1S/C13H16ClF3N2O3S/c1-8(2)19(23(3,21)22)7-12(20)18-11-6-9(13(15,16)17)4-5-10(11)14/h4-6,8H,7H2,1-3H3,(H,18,20). The molecular weight excluding hydrogens is 357 g/mol. The Morgan fingerprint density at radius 2 is 1.91 bits per heavy atom. The van der Waals surface area contributed by atoms with Crippen LogP contribution >= 0.6 is 11.6 Å². The molecule has 0 aliphatic carbocycles. The van der Waals surface area contributed by atoms with E-state index in [1.54, 1.807) is 13.8 Å². The molecule has 1 aromatic rings. The fraction of sp³-hybridized carbons (Fsp3) is 0.462. The molecule has 0 fully saturated rings. The maximum Gasteiger partial charge on any atom is 0.416 e. The summed E-state index contributed by atoms with van der Waals surface area (Å²) in [5.41, 5.74) is -1.20. The number of carbonyl (C=O) groups excluding carboxylic acids is 1. The molecule has 0 bridgehead atoms. The first-order chi connectivity index (χ1) is 10.3. The van der Waals surface area contributed by atoms with Gasteiger partial charge in [-0.1, -0.05) is 11.6 Å². The van der Waals surface area contributed by atoms with Gasteiger partial charge in [-0.05, 0) is 32.0 Å². The van der Waals surface area contributed by atoms with E-state index in [0.29, 0.717) is 6.07 Å². The number of nitrogens with one attached hydrogen (secondary N) is 1. The Labute approximate surface area is 137 Å². The zero-order chi connectivity index (χ0) is 18.0. The van der Waals surface area contributed by atoms with Crippen LogP contribution in [-0.4, -0.2) is 37.5 Å². The molecule has 0 radical (unpaired) electrons. The van der Waals surface area contributed by atoms with Crippen LogP contribution in [0.1, 0.15) is 19.4 Å². The topological polar surface area (TPSA) is 66.5 Å². The van der Waals surface area contributed by atoms with E-state index in [4.69, 9.17) is 11.6 Å². The van der Waals surface area contributed by atoms with Gasteiger partial charge in [0.25, 0.3) is 0 Å². The third kappa shape index (κ3) is 5.67. The Bertz CT molecular complexity index is 690. The van der Waals surface area contributed by atoms with Crippen LogP contribution in [0.5, 0.6) is 0 Å². The molecule has 0 heterocycles. The Hall–Kier alpha value is -1.32. The number of hydrogen-bond acceptors (Lipinski definition) is 3. The van der Waals surface area contributed by atoms with Crippen molar-refractivity contribution in [1.82, 2.24) is 4.31 Å². The van der Waals surface area contributed by atoms with E-state index < -0.39 is 40.3 Å². The minimum absolute atomic E-state index is 0.0817. The number of benzene rings is 1. The summed E-state index contributed by atoms with van der Waals surface area (Å²) in [6.07, 6.45) is -3.64. The third-order valence-corrected chi connectivity index (χ3v) is 4.60. The first-order valence-corrected chi connectivity index (χ1v) is 8.68. The molecule has 0 unspecified atom stereocenters. The van der Waals surface area contributed by atoms with Gasteiger partial charge < -0.3 is 5.32 Å². The van der Waals surface area contributed by atoms with Gasteiger partial charge in [0.15, 0.2) is 0 Å². The molecule has 5 nitrogen and oxygen atoms in total. The first-order valence-electron chi connectivity index (χ1n) is 6.45. The van der Waals surface area contributed by atoms with Crippen LogP contribution in [0.2, 0.25) is 5.02 Å². The monoisotopic (exact) mass is 372 g/mol. The van der Waals surface area contributed by atoms with E-state index in [1.807, 2.05) is 0 Å². The lowest BCUT2D eigenvalue weighted by atomic mass is 10.2. The number of alkyl halides is 3. The van der Waals surface area contributed by atoms with Crippen molar-refractivity contribution in [3.8, 4) is 0 Å². The van der Waals surface area contributed by atoms with Crippen LogP contribution in [0, 0.1) is 0 Å². The summed E-state index contributed by atoms with van der Waals surface area (Å²) in [4.78, 5) is 11.9. The van der Waals surface area contributed by atoms with Crippen LogP contribution in [0.4, 0.5) is 18.9 Å². The Morgan fingerprint density at radius 3 is 2.35 bits per heavy atom. The second kappa shape index (κ2) is 7.06. The van der Waals surface area contributed by atoms with Crippen LogP contribution in [0.15, 0.2) is 18.2 Å². The average Bonchev–Trinajstić information content (AvgIpc) is 2.35. The molecular formula is C13H16ClF3N2O3S. The maximum absolute atomic E-state index is 12.7. The lowest BCUT2D eigenvalue weighted by Crippen LogP contribution is -2.41. The number of sulfonamides is 1. The summed E-state index contributed by atoms with van der Waals surface area (Å²) >= 11 is 5.77. The van der Waals surface area contributed by atoms with Crippen molar-refractivity contribution >= 4 is 33.2 Å². The molecule has 0 spiro atoms. The van der Waals surface area contributed by atoms with Crippen LogP contribution < -0.4 is 5.32 Å². The van der Waals surface area contributed by atoms with E-state index in [9.17, 15) is 26.4 Å². The minimum Gasteiger partial charge on any atom is -0.324 e. The predicted octanol–water partition coefficient (Wildman–Crippen LogP) is 2.97. The highest BCUT2D eigenvalue weighted by Crippen LogP contribution is 2.33. The summed E-state index contributed by atoms with van der Waals surface area (Å²) in [7, 11) is -3.63. The van der Waals surface area contributed by atoms with Crippen molar-refractivity contribution < 1.29 is 26.4 Å². The van der Waals surface area contributed by atoms with Crippen molar-refractivity contribution in [1.29, 1.82) is 0 Å². The van der Waals surface area contributed by atoms with Gasteiger partial charge in [-0.15, -0.1) is 0 Å². The number of hydrogen-bond donors (Lipinski definition) is 1. The second-order valence-corrected chi connectivity index (χ2v) is 7.48. The second-order valence-electron chi connectivity index (χ2n) is 5.14. The minimum atomic E-state index is -4.58. The van der Waals surface area contributed by atoms with Gasteiger partial charge in [-0.2, -0.15) is 17.5 Å². The summed E-state index contributed by atoms with van der Waals surface area (Å²) in [6.45, 7) is 2.63. The van der Waals surface area contributed by atoms with E-state index in [2.05, 4.69) is 5.32 Å². The highest BCUT2D eigenvalue weighted by molar-refractivity contribution is 7.88. The van der Waals surface area contributed by atoms with Crippen LogP contribution in [0.25, 0.3) is 0 Å². The Morgan fingerprint density at radius 1 is 1.35 bits per heavy atom. The summed E-state index contributed by atoms with van der Waals surface area (Å²) < 4.78 is 62.1. The first kappa shape index (κ1) is 19.7. The number of nitrogens with zero attached hydrogens (tertiary/aromatic N) is 1. The molecule has 23 heavy (non-hydrogen) atoms. The van der Waals surface area contributed by atoms with Gasteiger partial charge in [0.2, 0.25) is 15.9 Å². The SMILES string of the molecule is CC(C)N(CC(=O)Nc1cc(C(F)(F)F)ccc1Cl)S(C)(=O)=O. The fourth-order valence-electron chi connectivity index (χ4n) is 1.81. The zero-order valence-electron chi connectivity index (χ0n) is 12.6. The average molecular weight is 373 g/mol. The van der Waals surface area contributed by atoms with Gasteiger partial charge in [0, 0.05) is 6.04 Å². The summed E-state index contributed by atoms with van der Waals surface area (Å²) in [6, 6.07) is 2.01. The van der Waals surface area contributed by atoms with Gasteiger partial charge in [-0.25, -0.2) is 8.42 Å². The molecule has 0 atom stereocenters. The number of anilines is 1. The quantitative estimate of drug-likeness (QED) is 0.864. The lowest BCUT2D eigenvalue weighted by molar-refractivity contribution is -0.137. The lowest BCUT2D eigenvalue weighted by Gasteiger charge is -2.23. The highest BCUT2D eigenvalue weighted by Gasteiger charge is 2.31. The molecule has 0 saturated carbocycles. The summed E-state index contributed by atoms with van der Waals surface area (Å²) in [5, 5.41) is 2.12. The number of rotatable bonds is 5. The van der Waals surface area contributed by atoms with E-state index >= 15 is 0 Å². The molecule has 130 valence electrons. The van der Waals surface area contributed by atoms with Crippen molar-refractivity contribution in [3.63, 3.8) is 0 Å². The third-order valence-electron chi connectivity index (χ3n) is 2.87. The molecule has 0 aromatic heterocycles. The van der Waals surface area contributed by atoms with Gasteiger partial charge in [0.05, 0.1) is 29.1 Å². The molecule has 1 N–H and O–H groups in total. The molecule has 0 aliphatic heterocycles. The van der Waals surface area contributed by atoms with Gasteiger partial charge in [0.1, 0.15) is 0 Å². The number of halogens is 4. The maximum atomic E-state index is 12.7. The molecule has 1 amide bonds. The van der Waals surface area contributed by atoms with Crippen molar-refractivity contribution in [2.75, 3.05) is 18.1 Å². The normalized spacial score (nSPS) is 12.7. The Balaban J connectivity index is 2.97. The molecule has 0 aliphatic rings. The van der Waals surface area contributed by atoms with E-state index in [1.165, 1.54) is 0 Å². The predicted molar refractivity (Wildman–Crippen MR) is 81.8 cm³/mol. The number of carbonyl (C=O) groups is 1. The van der Waals surface area contributed by atoms with Crippen molar-refractivity contribution in [3.05, 3.63) is 28.8 Å². The fourth-order valence-corrected chi connectivity index (χ4v) is 3.09. The smallest absolute Gasteiger partial charge is 0.324 e. The van der Waals surface area contributed by atoms with E-state index in [-0.39, 0.29) is 10.7 Å². The van der Waals surface area contributed by atoms with Crippen molar-refractivity contribution in [2.45, 2.75) is 26.1 Å². The van der Waals surface area contributed by atoms with Gasteiger partial charge in [-0.3, -0.25) is 4.79 Å². The molecule has 1 rings (SSSR count). The van der Waals surface area contributed by atoms with Gasteiger partial charge >= 0.3 is 6.18 Å². The van der Waals surface area contributed by atoms with Crippen LogP contribution in [0.3, 0.4) is 0 Å². The van der Waals surface area contributed by atoms with Crippen molar-refractivity contribution in [2.24, 2.45) is 0 Å². The molecule has 1 aromatic carbocycles. The highest BCUT2D eigenvalue weighted by atomic mass is 35.5. The molecule has 10 heteroatoms. The Kier molecular flexibility index (Phi) is 6.06. The van der Waals surface area contributed by atoms with Crippen LogP contribution in [-0.2, 0) is 21.0 Å². The molecule has 0 saturated heterocycles. The zero-order valence-corrected chi connectivity index (χ0v) is 14.2. The summed E-state index contributed by atoms with van der Waals surface area (Å²) in [5.74, 6) is -0.787. The largest absolute Gasteiger partial charge is 0.416 e. The van der Waals surface area contributed by atoms with E-state index in [0.717, 1.165) is 22.7 Å².